The maximum Gasteiger partial charge on any atom is 0.307 e. The fourth-order valence-corrected chi connectivity index (χ4v) is 3.04. The Kier molecular flexibility index (Phi) is 5.08. The third-order valence-electron chi connectivity index (χ3n) is 4.32. The molecule has 120 valence electrons. The number of rotatable bonds is 5. The second kappa shape index (κ2) is 7.22. The highest BCUT2D eigenvalue weighted by Gasteiger charge is 2.39. The lowest BCUT2D eigenvalue weighted by Gasteiger charge is -2.32. The first-order valence-electron chi connectivity index (χ1n) is 7.93. The van der Waals surface area contributed by atoms with Gasteiger partial charge in [0.1, 0.15) is 6.61 Å². The Labute approximate surface area is 131 Å². The van der Waals surface area contributed by atoms with Gasteiger partial charge >= 0.3 is 5.97 Å². The van der Waals surface area contributed by atoms with Crippen molar-refractivity contribution in [2.75, 3.05) is 19.8 Å². The first kappa shape index (κ1) is 15.5. The molecule has 0 unspecified atom stereocenters. The van der Waals surface area contributed by atoms with Crippen molar-refractivity contribution in [3.05, 3.63) is 35.9 Å². The van der Waals surface area contributed by atoms with E-state index in [4.69, 9.17) is 14.3 Å². The van der Waals surface area contributed by atoms with E-state index in [2.05, 4.69) is 6.92 Å². The second-order valence-electron chi connectivity index (χ2n) is 6.04. The molecule has 1 aromatic rings. The molecular weight excluding hydrogens is 282 g/mol. The van der Waals surface area contributed by atoms with Crippen molar-refractivity contribution in [3.63, 3.8) is 0 Å². The van der Waals surface area contributed by atoms with Gasteiger partial charge in [0.2, 0.25) is 0 Å². The molecule has 2 saturated heterocycles. The quantitative estimate of drug-likeness (QED) is 0.780. The molecule has 3 atom stereocenters. The van der Waals surface area contributed by atoms with Gasteiger partial charge in [0.15, 0.2) is 0 Å². The minimum Gasteiger partial charge on any atom is -0.461 e. The average Bonchev–Trinajstić information content (AvgIpc) is 2.94. The van der Waals surface area contributed by atoms with Gasteiger partial charge in [-0.1, -0.05) is 30.3 Å². The Balaban J connectivity index is 1.41. The number of fused-ring (bicyclic) bond motifs is 1. The zero-order chi connectivity index (χ0) is 15.4. The molecule has 0 aliphatic carbocycles. The highest BCUT2D eigenvalue weighted by Crippen LogP contribution is 2.30. The van der Waals surface area contributed by atoms with Crippen LogP contribution in [-0.4, -0.2) is 42.9 Å². The fraction of sp³-hybridized carbons (Fsp3) is 0.588. The topological polar surface area (TPSA) is 48.0 Å². The summed E-state index contributed by atoms with van der Waals surface area (Å²) >= 11 is 0. The van der Waals surface area contributed by atoms with Gasteiger partial charge < -0.3 is 9.47 Å². The van der Waals surface area contributed by atoms with Crippen molar-refractivity contribution in [2.24, 2.45) is 5.92 Å². The second-order valence-corrected chi connectivity index (χ2v) is 6.04. The number of carbonyl (C=O) groups excluding carboxylic acids is 1. The molecule has 5 heteroatoms. The zero-order valence-electron chi connectivity index (χ0n) is 12.9. The molecule has 3 rings (SSSR count). The predicted molar refractivity (Wildman–Crippen MR) is 80.8 cm³/mol. The van der Waals surface area contributed by atoms with Crippen LogP contribution >= 0.6 is 0 Å². The van der Waals surface area contributed by atoms with Crippen molar-refractivity contribution >= 4 is 5.97 Å². The van der Waals surface area contributed by atoms with Crippen LogP contribution in [0.25, 0.3) is 0 Å². The maximum absolute atomic E-state index is 11.9. The number of hydrogen-bond acceptors (Lipinski definition) is 5. The average molecular weight is 305 g/mol. The summed E-state index contributed by atoms with van der Waals surface area (Å²) in [5, 5.41) is 1.95. The van der Waals surface area contributed by atoms with E-state index in [0.717, 1.165) is 18.6 Å². The van der Waals surface area contributed by atoms with E-state index in [0.29, 0.717) is 38.1 Å². The van der Waals surface area contributed by atoms with Gasteiger partial charge in [0.05, 0.1) is 25.7 Å². The number of carbonyl (C=O) groups is 1. The Bertz CT molecular complexity index is 493. The summed E-state index contributed by atoms with van der Waals surface area (Å²) in [6, 6.07) is 10.1. The van der Waals surface area contributed by atoms with Crippen LogP contribution in [0.3, 0.4) is 0 Å². The van der Waals surface area contributed by atoms with Crippen LogP contribution < -0.4 is 0 Å². The molecule has 2 aliphatic rings. The maximum atomic E-state index is 11.9. The minimum atomic E-state index is -0.184. The molecular formula is C17H23NO4. The summed E-state index contributed by atoms with van der Waals surface area (Å²) in [6.45, 7) is 4.44. The van der Waals surface area contributed by atoms with E-state index < -0.39 is 0 Å². The lowest BCUT2D eigenvalue weighted by Crippen LogP contribution is -2.42. The molecule has 0 spiro atoms. The molecule has 5 nitrogen and oxygen atoms in total. The normalized spacial score (nSPS) is 28.3. The zero-order valence-corrected chi connectivity index (χ0v) is 12.9. The van der Waals surface area contributed by atoms with Crippen molar-refractivity contribution in [2.45, 2.75) is 38.5 Å². The molecule has 2 aliphatic heterocycles. The molecule has 0 N–H and O–H groups in total. The van der Waals surface area contributed by atoms with Crippen molar-refractivity contribution in [1.29, 1.82) is 0 Å². The first-order valence-corrected chi connectivity index (χ1v) is 7.93. The van der Waals surface area contributed by atoms with E-state index in [1.54, 1.807) is 0 Å². The van der Waals surface area contributed by atoms with Gasteiger partial charge in [-0.3, -0.25) is 9.63 Å². The summed E-state index contributed by atoms with van der Waals surface area (Å²) in [7, 11) is 0. The van der Waals surface area contributed by atoms with E-state index in [1.807, 2.05) is 35.4 Å². The number of esters is 1. The van der Waals surface area contributed by atoms with Crippen LogP contribution in [0.2, 0.25) is 0 Å². The molecule has 0 radical (unpaired) electrons. The van der Waals surface area contributed by atoms with E-state index in [9.17, 15) is 4.79 Å². The molecule has 0 saturated carbocycles. The largest absolute Gasteiger partial charge is 0.461 e. The lowest BCUT2D eigenvalue weighted by atomic mass is 9.94. The number of benzene rings is 1. The van der Waals surface area contributed by atoms with E-state index >= 15 is 0 Å². The summed E-state index contributed by atoms with van der Waals surface area (Å²) < 4.78 is 11.0. The molecule has 0 bridgehead atoms. The van der Waals surface area contributed by atoms with Gasteiger partial charge in [-0.15, -0.1) is 0 Å². The standard InChI is InChI=1S/C17H23NO4/c1-13-9-16-15(11-20-13)12-22-18(16)8-7-17(19)21-10-14-5-3-2-4-6-14/h2-6,13,15-16H,7-12H2,1H3/t13-,15-,16+/m1/s1. The molecule has 22 heavy (non-hydrogen) atoms. The van der Waals surface area contributed by atoms with Crippen LogP contribution in [0, 0.1) is 5.92 Å². The van der Waals surface area contributed by atoms with Crippen molar-refractivity contribution < 1.29 is 19.1 Å². The van der Waals surface area contributed by atoms with Crippen LogP contribution in [0.5, 0.6) is 0 Å². The summed E-state index contributed by atoms with van der Waals surface area (Å²) in [5.41, 5.74) is 1.01. The third kappa shape index (κ3) is 3.85. The van der Waals surface area contributed by atoms with Gasteiger partial charge in [0, 0.05) is 18.5 Å². The van der Waals surface area contributed by atoms with Crippen molar-refractivity contribution in [1.82, 2.24) is 5.06 Å². The van der Waals surface area contributed by atoms with Crippen molar-refractivity contribution in [3.8, 4) is 0 Å². The SMILES string of the molecule is C[C@@H]1C[C@H]2[C@H](CO1)CON2CCC(=O)OCc1ccccc1. The number of nitrogens with zero attached hydrogens (tertiary/aromatic N) is 1. The Morgan fingerprint density at radius 3 is 2.95 bits per heavy atom. The molecule has 0 amide bonds. The van der Waals surface area contributed by atoms with Crippen LogP contribution in [0.15, 0.2) is 30.3 Å². The van der Waals surface area contributed by atoms with E-state index in [-0.39, 0.29) is 12.1 Å². The Morgan fingerprint density at radius 1 is 1.32 bits per heavy atom. The summed E-state index contributed by atoms with van der Waals surface area (Å²) in [4.78, 5) is 17.6. The minimum absolute atomic E-state index is 0.184. The molecule has 2 heterocycles. The third-order valence-corrected chi connectivity index (χ3v) is 4.32. The molecule has 1 aromatic carbocycles. The number of ether oxygens (including phenoxy) is 2. The number of hydroxylamine groups is 2. The Morgan fingerprint density at radius 2 is 2.14 bits per heavy atom. The summed E-state index contributed by atoms with van der Waals surface area (Å²) in [6.07, 6.45) is 1.57. The van der Waals surface area contributed by atoms with Gasteiger partial charge in [-0.2, -0.15) is 5.06 Å². The molecule has 0 aromatic heterocycles. The van der Waals surface area contributed by atoms with Gasteiger partial charge in [0.25, 0.3) is 0 Å². The van der Waals surface area contributed by atoms with Crippen LogP contribution in [-0.2, 0) is 25.7 Å². The van der Waals surface area contributed by atoms with E-state index in [1.165, 1.54) is 0 Å². The van der Waals surface area contributed by atoms with Gasteiger partial charge in [-0.05, 0) is 18.9 Å². The van der Waals surface area contributed by atoms with Gasteiger partial charge in [-0.25, -0.2) is 0 Å². The highest BCUT2D eigenvalue weighted by molar-refractivity contribution is 5.69. The highest BCUT2D eigenvalue weighted by atomic mass is 16.7. The monoisotopic (exact) mass is 305 g/mol. The van der Waals surface area contributed by atoms with Crippen LogP contribution in [0.4, 0.5) is 0 Å². The summed E-state index contributed by atoms with van der Waals surface area (Å²) in [5.74, 6) is 0.243. The lowest BCUT2D eigenvalue weighted by molar-refractivity contribution is -0.158. The first-order chi connectivity index (χ1) is 10.7. The van der Waals surface area contributed by atoms with Crippen LogP contribution in [0.1, 0.15) is 25.3 Å². The number of hydrogen-bond donors (Lipinski definition) is 0. The Hall–Kier alpha value is -1.43. The smallest absolute Gasteiger partial charge is 0.307 e. The molecule has 2 fully saturated rings. The predicted octanol–water partition coefficient (Wildman–Crippen LogP) is 2.16. The fourth-order valence-electron chi connectivity index (χ4n) is 3.04.